The van der Waals surface area contributed by atoms with E-state index in [2.05, 4.69) is 4.52 Å². The molecule has 1 rings (SSSR count). The maximum Gasteiger partial charge on any atom is 1.00 e. The molecule has 1 aliphatic rings. The molecule has 0 aliphatic carbocycles. The summed E-state index contributed by atoms with van der Waals surface area (Å²) in [5.41, 5.74) is -1.91. The zero-order valence-corrected chi connectivity index (χ0v) is 19.8. The number of phosphoric acid groups is 1. The van der Waals surface area contributed by atoms with Gasteiger partial charge in [-0.05, 0) is 13.0 Å². The van der Waals surface area contributed by atoms with Crippen molar-refractivity contribution in [2.75, 3.05) is 6.61 Å². The number of aliphatic hydroxyl groups excluding tert-OH is 2. The normalized spacial score (nSPS) is 23.4. The molecule has 11 heteroatoms. The number of carbonyl (C=O) groups is 1. The van der Waals surface area contributed by atoms with Crippen LogP contribution in [0.3, 0.4) is 0 Å². The predicted molar refractivity (Wildman–Crippen MR) is 103 cm³/mol. The first-order valence-electron chi connectivity index (χ1n) is 8.83. The number of ether oxygens (including phenoxy) is 1. The zero-order valence-electron chi connectivity index (χ0n) is 16.9. The van der Waals surface area contributed by atoms with Gasteiger partial charge in [0.15, 0.2) is 0 Å². The quantitative estimate of drug-likeness (QED) is 0.0870. The molecule has 1 aliphatic heterocycles. The van der Waals surface area contributed by atoms with E-state index in [1.165, 1.54) is 43.4 Å². The molecular formula is C19H26NaO9P. The number of hydrogen-bond acceptors (Lipinski definition) is 8. The van der Waals surface area contributed by atoms with Gasteiger partial charge in [0, 0.05) is 18.9 Å². The van der Waals surface area contributed by atoms with Gasteiger partial charge in [-0.15, -0.1) is 0 Å². The SMILES string of the molecule is C[C@@](O)(/C=C/[C@H]1CC=CC(=O)O1)[C@@H](C[C@@H](O)C=CC=C/C=C/CO)OP(=O)([O-])O.[Na+]. The van der Waals surface area contributed by atoms with Crippen molar-refractivity contribution in [2.24, 2.45) is 0 Å². The van der Waals surface area contributed by atoms with Crippen LogP contribution in [0.1, 0.15) is 19.8 Å². The first kappa shape index (κ1) is 29.2. The van der Waals surface area contributed by atoms with Crippen molar-refractivity contribution < 1.29 is 73.3 Å². The van der Waals surface area contributed by atoms with Crippen molar-refractivity contribution in [1.29, 1.82) is 0 Å². The summed E-state index contributed by atoms with van der Waals surface area (Å²) in [6.45, 7) is 1.13. The minimum Gasteiger partial charge on any atom is -0.756 e. The third-order valence-electron chi connectivity index (χ3n) is 3.81. The summed E-state index contributed by atoms with van der Waals surface area (Å²) in [6, 6.07) is 0. The molecule has 0 saturated carbocycles. The van der Waals surface area contributed by atoms with Gasteiger partial charge in [-0.1, -0.05) is 48.6 Å². The van der Waals surface area contributed by atoms with Crippen LogP contribution in [0.25, 0.3) is 0 Å². The Hall–Kier alpha value is -0.840. The van der Waals surface area contributed by atoms with E-state index in [-0.39, 0.29) is 42.6 Å². The monoisotopic (exact) mass is 452 g/mol. The van der Waals surface area contributed by atoms with Crippen LogP contribution in [-0.2, 0) is 18.6 Å². The van der Waals surface area contributed by atoms with Crippen LogP contribution in [0, 0.1) is 0 Å². The average Bonchev–Trinajstić information content (AvgIpc) is 2.61. The van der Waals surface area contributed by atoms with Crippen molar-refractivity contribution in [1.82, 2.24) is 0 Å². The Labute approximate surface area is 197 Å². The summed E-state index contributed by atoms with van der Waals surface area (Å²) in [5.74, 6) is -0.541. The summed E-state index contributed by atoms with van der Waals surface area (Å²) >= 11 is 0. The Morgan fingerprint density at radius 2 is 2.07 bits per heavy atom. The van der Waals surface area contributed by atoms with E-state index in [1.54, 1.807) is 24.3 Å². The van der Waals surface area contributed by atoms with Gasteiger partial charge >= 0.3 is 35.5 Å². The van der Waals surface area contributed by atoms with Gasteiger partial charge < -0.3 is 34.4 Å². The van der Waals surface area contributed by atoms with Crippen LogP contribution >= 0.6 is 7.82 Å². The molecule has 5 atom stereocenters. The third-order valence-corrected chi connectivity index (χ3v) is 4.34. The number of cyclic esters (lactones) is 1. The molecule has 1 unspecified atom stereocenters. The van der Waals surface area contributed by atoms with Gasteiger partial charge in [-0.3, -0.25) is 4.57 Å². The molecule has 162 valence electrons. The van der Waals surface area contributed by atoms with E-state index in [0.717, 1.165) is 0 Å². The Morgan fingerprint density at radius 3 is 2.67 bits per heavy atom. The van der Waals surface area contributed by atoms with E-state index in [1.807, 2.05) is 0 Å². The number of allylic oxidation sites excluding steroid dienone is 4. The molecular weight excluding hydrogens is 426 g/mol. The van der Waals surface area contributed by atoms with E-state index in [0.29, 0.717) is 6.42 Å². The van der Waals surface area contributed by atoms with Crippen molar-refractivity contribution in [3.8, 4) is 0 Å². The maximum absolute atomic E-state index is 11.2. The number of carbonyl (C=O) groups excluding carboxylic acids is 1. The topological polar surface area (TPSA) is 157 Å². The second-order valence-electron chi connectivity index (χ2n) is 6.44. The van der Waals surface area contributed by atoms with Gasteiger partial charge in [0.05, 0.1) is 12.7 Å². The zero-order chi connectivity index (χ0) is 21.9. The fourth-order valence-corrected chi connectivity index (χ4v) is 2.99. The van der Waals surface area contributed by atoms with Crippen LogP contribution in [-0.4, -0.2) is 56.7 Å². The molecule has 0 fully saturated rings. The van der Waals surface area contributed by atoms with E-state index in [4.69, 9.17) is 14.7 Å². The second-order valence-corrected chi connectivity index (χ2v) is 7.59. The summed E-state index contributed by atoms with van der Waals surface area (Å²) in [4.78, 5) is 31.5. The van der Waals surface area contributed by atoms with Crippen molar-refractivity contribution in [2.45, 2.75) is 43.7 Å². The van der Waals surface area contributed by atoms with Gasteiger partial charge in [0.2, 0.25) is 0 Å². The Balaban J connectivity index is 0.00000841. The molecule has 30 heavy (non-hydrogen) atoms. The molecule has 0 spiro atoms. The summed E-state index contributed by atoms with van der Waals surface area (Å²) < 4.78 is 20.8. The van der Waals surface area contributed by atoms with Crippen LogP contribution in [0.2, 0.25) is 0 Å². The molecule has 0 aromatic heterocycles. The molecule has 0 saturated heterocycles. The molecule has 0 radical (unpaired) electrons. The summed E-state index contributed by atoms with van der Waals surface area (Å²) in [6.07, 6.45) is 11.2. The minimum atomic E-state index is -5.21. The number of esters is 1. The Bertz CT molecular complexity index is 722. The van der Waals surface area contributed by atoms with Gasteiger partial charge in [0.25, 0.3) is 7.82 Å². The smallest absolute Gasteiger partial charge is 0.756 e. The molecule has 0 aromatic carbocycles. The predicted octanol–water partition coefficient (Wildman–Crippen LogP) is -2.57. The Kier molecular flexibility index (Phi) is 13.9. The molecule has 9 nitrogen and oxygen atoms in total. The van der Waals surface area contributed by atoms with Crippen molar-refractivity contribution >= 4 is 13.8 Å². The van der Waals surface area contributed by atoms with Crippen LogP contribution in [0.5, 0.6) is 0 Å². The first-order valence-corrected chi connectivity index (χ1v) is 10.3. The first-order chi connectivity index (χ1) is 13.5. The standard InChI is InChI=1S/C19H27O9P.Na/c1-19(23,12-11-16-9-7-10-18(22)27-16)17(28-29(24,25)26)14-15(21)8-5-3-2-4-6-13-20;/h2-8,10-12,15-17,20-21,23H,9,13-14H2,1H3,(H2,24,25,26);/q;+1/p-1/b3-2?,6-4+,8-5?,12-11+;/t15-,16+,17+,19+;/m0./s1. The maximum atomic E-state index is 11.2. The Morgan fingerprint density at radius 1 is 1.40 bits per heavy atom. The summed E-state index contributed by atoms with van der Waals surface area (Å²) in [5, 5.41) is 29.3. The van der Waals surface area contributed by atoms with Crippen LogP contribution in [0.4, 0.5) is 0 Å². The summed E-state index contributed by atoms with van der Waals surface area (Å²) in [7, 11) is -5.21. The minimum absolute atomic E-state index is 0. The fraction of sp³-hybridized carbons (Fsp3) is 0.421. The molecule has 0 aromatic rings. The van der Waals surface area contributed by atoms with E-state index < -0.39 is 37.7 Å². The van der Waals surface area contributed by atoms with Gasteiger partial charge in [-0.2, -0.15) is 0 Å². The largest absolute Gasteiger partial charge is 1.00 e. The average molecular weight is 452 g/mol. The second kappa shape index (κ2) is 14.3. The fourth-order valence-electron chi connectivity index (χ4n) is 2.37. The third kappa shape index (κ3) is 12.8. The van der Waals surface area contributed by atoms with Gasteiger partial charge in [-0.25, -0.2) is 4.79 Å². The number of phosphoric ester groups is 1. The van der Waals surface area contributed by atoms with Crippen molar-refractivity contribution in [3.63, 3.8) is 0 Å². The van der Waals surface area contributed by atoms with Crippen molar-refractivity contribution in [3.05, 3.63) is 60.8 Å². The van der Waals surface area contributed by atoms with E-state index in [9.17, 15) is 24.5 Å². The molecule has 0 amide bonds. The number of hydrogen-bond donors (Lipinski definition) is 4. The molecule has 1 heterocycles. The molecule has 4 N–H and O–H groups in total. The molecule has 0 bridgehead atoms. The van der Waals surface area contributed by atoms with Gasteiger partial charge in [0.1, 0.15) is 17.8 Å². The number of rotatable bonds is 11. The number of aliphatic hydroxyl groups is 3. The van der Waals surface area contributed by atoms with E-state index >= 15 is 0 Å². The van der Waals surface area contributed by atoms with Crippen LogP contribution < -0.4 is 34.5 Å². The van der Waals surface area contributed by atoms with Crippen LogP contribution in [0.15, 0.2) is 60.8 Å².